The van der Waals surface area contributed by atoms with Crippen LogP contribution in [0.3, 0.4) is 0 Å². The summed E-state index contributed by atoms with van der Waals surface area (Å²) in [5.74, 6) is -0.0925. The van der Waals surface area contributed by atoms with Gasteiger partial charge in [-0.25, -0.2) is 4.98 Å². The highest BCUT2D eigenvalue weighted by molar-refractivity contribution is 5.37. The minimum atomic E-state index is -2.85. The van der Waals surface area contributed by atoms with E-state index in [1.165, 1.54) is 12.3 Å². The fourth-order valence-corrected chi connectivity index (χ4v) is 1.43. The number of rotatable bonds is 5. The predicted octanol–water partition coefficient (Wildman–Crippen LogP) is 1.97. The van der Waals surface area contributed by atoms with E-state index in [2.05, 4.69) is 20.1 Å². The van der Waals surface area contributed by atoms with Gasteiger partial charge in [0.25, 0.3) is 0 Å². The van der Waals surface area contributed by atoms with Crippen LogP contribution < -0.4 is 10.1 Å². The van der Waals surface area contributed by atoms with E-state index in [9.17, 15) is 8.78 Å². The number of aromatic nitrogens is 3. The quantitative estimate of drug-likeness (QED) is 0.886. The zero-order valence-electron chi connectivity index (χ0n) is 9.68. The lowest BCUT2D eigenvalue weighted by Crippen LogP contribution is -2.04. The van der Waals surface area contributed by atoms with Crippen LogP contribution in [0.15, 0.2) is 30.7 Å². The number of nitrogens with one attached hydrogen (secondary N) is 1. The molecule has 0 aromatic carbocycles. The summed E-state index contributed by atoms with van der Waals surface area (Å²) in [4.78, 5) is 3.78. The molecule has 5 nitrogen and oxygen atoms in total. The first-order valence-corrected chi connectivity index (χ1v) is 5.27. The molecule has 0 saturated carbocycles. The van der Waals surface area contributed by atoms with Gasteiger partial charge in [0.15, 0.2) is 0 Å². The molecule has 0 saturated heterocycles. The van der Waals surface area contributed by atoms with E-state index in [4.69, 9.17) is 0 Å². The first-order valence-electron chi connectivity index (χ1n) is 5.27. The fraction of sp³-hybridized carbons (Fsp3) is 0.273. The van der Waals surface area contributed by atoms with Crippen molar-refractivity contribution in [1.29, 1.82) is 0 Å². The topological polar surface area (TPSA) is 52.0 Å². The second kappa shape index (κ2) is 5.44. The van der Waals surface area contributed by atoms with Gasteiger partial charge < -0.3 is 10.1 Å². The number of pyridine rings is 1. The van der Waals surface area contributed by atoms with Gasteiger partial charge in [-0.2, -0.15) is 13.9 Å². The maximum atomic E-state index is 11.9. The van der Waals surface area contributed by atoms with Gasteiger partial charge in [-0.15, -0.1) is 0 Å². The van der Waals surface area contributed by atoms with Crippen molar-refractivity contribution < 1.29 is 13.5 Å². The van der Waals surface area contributed by atoms with Crippen LogP contribution in [0.1, 0.15) is 5.56 Å². The Hall–Kier alpha value is -2.18. The predicted molar refractivity (Wildman–Crippen MR) is 61.7 cm³/mol. The monoisotopic (exact) mass is 254 g/mol. The highest BCUT2D eigenvalue weighted by Crippen LogP contribution is 2.12. The van der Waals surface area contributed by atoms with E-state index in [-0.39, 0.29) is 5.88 Å². The highest BCUT2D eigenvalue weighted by atomic mass is 19.3. The van der Waals surface area contributed by atoms with E-state index in [0.29, 0.717) is 6.54 Å². The molecule has 2 aromatic heterocycles. The van der Waals surface area contributed by atoms with Crippen molar-refractivity contribution in [3.8, 4) is 5.88 Å². The summed E-state index contributed by atoms with van der Waals surface area (Å²) in [7, 11) is 1.80. The van der Waals surface area contributed by atoms with E-state index in [1.54, 1.807) is 24.0 Å². The van der Waals surface area contributed by atoms with Gasteiger partial charge in [0.2, 0.25) is 5.88 Å². The third-order valence-corrected chi connectivity index (χ3v) is 2.27. The number of nitrogens with zero attached hydrogens (tertiary/aromatic N) is 3. The molecule has 0 bridgehead atoms. The van der Waals surface area contributed by atoms with E-state index in [0.717, 1.165) is 11.3 Å². The van der Waals surface area contributed by atoms with Crippen molar-refractivity contribution in [1.82, 2.24) is 14.8 Å². The van der Waals surface area contributed by atoms with Crippen LogP contribution in [0.4, 0.5) is 14.5 Å². The Bertz CT molecular complexity index is 498. The summed E-state index contributed by atoms with van der Waals surface area (Å²) in [6.45, 7) is -2.34. The Kier molecular flexibility index (Phi) is 3.71. The van der Waals surface area contributed by atoms with Gasteiger partial charge in [0.05, 0.1) is 18.4 Å². The zero-order chi connectivity index (χ0) is 13.0. The molecular weight excluding hydrogens is 242 g/mol. The van der Waals surface area contributed by atoms with Crippen molar-refractivity contribution >= 4 is 5.69 Å². The largest absolute Gasteiger partial charge is 0.417 e. The summed E-state index contributed by atoms with van der Waals surface area (Å²) in [6, 6.07) is 3.08. The van der Waals surface area contributed by atoms with Gasteiger partial charge >= 0.3 is 6.61 Å². The van der Waals surface area contributed by atoms with E-state index < -0.39 is 6.61 Å². The molecular formula is C11H12F2N4O. The molecule has 0 aliphatic carbocycles. The van der Waals surface area contributed by atoms with Gasteiger partial charge in [0.1, 0.15) is 0 Å². The molecule has 0 atom stereocenters. The van der Waals surface area contributed by atoms with E-state index >= 15 is 0 Å². The summed E-state index contributed by atoms with van der Waals surface area (Å²) in [6.07, 6.45) is 5.02. The Labute approximate surface area is 102 Å². The maximum absolute atomic E-state index is 11.9. The Balaban J connectivity index is 2.01. The number of halogens is 2. The zero-order valence-corrected chi connectivity index (χ0v) is 9.68. The number of hydrogen-bond acceptors (Lipinski definition) is 4. The van der Waals surface area contributed by atoms with Crippen LogP contribution in [-0.4, -0.2) is 28.4 Å². The van der Waals surface area contributed by atoms with Gasteiger partial charge in [0, 0.05) is 25.5 Å². The average molecular weight is 254 g/mol. The van der Waals surface area contributed by atoms with Gasteiger partial charge in [-0.1, -0.05) is 6.07 Å². The summed E-state index contributed by atoms with van der Waals surface area (Å²) in [5.41, 5.74) is 1.75. The van der Waals surface area contributed by atoms with Crippen LogP contribution in [0.2, 0.25) is 0 Å². The van der Waals surface area contributed by atoms with Crippen molar-refractivity contribution in [3.63, 3.8) is 0 Å². The van der Waals surface area contributed by atoms with E-state index in [1.807, 2.05) is 6.20 Å². The molecule has 1 N–H and O–H groups in total. The van der Waals surface area contributed by atoms with Crippen LogP contribution >= 0.6 is 0 Å². The SMILES string of the molecule is CNc1cnn(Cc2ccc(OC(F)F)nc2)c1. The normalized spacial score (nSPS) is 10.7. The number of hydrogen-bond donors (Lipinski definition) is 1. The molecule has 0 fully saturated rings. The van der Waals surface area contributed by atoms with Crippen LogP contribution in [0, 0.1) is 0 Å². The highest BCUT2D eigenvalue weighted by Gasteiger charge is 2.05. The van der Waals surface area contributed by atoms with Crippen LogP contribution in [-0.2, 0) is 6.54 Å². The Morgan fingerprint density at radius 2 is 2.22 bits per heavy atom. The van der Waals surface area contributed by atoms with Crippen molar-refractivity contribution in [2.45, 2.75) is 13.2 Å². The van der Waals surface area contributed by atoms with Gasteiger partial charge in [-0.3, -0.25) is 4.68 Å². The molecule has 2 aromatic rings. The summed E-state index contributed by atoms with van der Waals surface area (Å²) in [5, 5.41) is 7.09. The lowest BCUT2D eigenvalue weighted by Gasteiger charge is -2.04. The van der Waals surface area contributed by atoms with Crippen molar-refractivity contribution in [2.24, 2.45) is 0 Å². The fourth-order valence-electron chi connectivity index (χ4n) is 1.43. The minimum Gasteiger partial charge on any atom is -0.417 e. The minimum absolute atomic E-state index is 0.0925. The lowest BCUT2D eigenvalue weighted by atomic mass is 10.3. The first kappa shape index (κ1) is 12.3. The molecule has 0 radical (unpaired) electrons. The van der Waals surface area contributed by atoms with Gasteiger partial charge in [-0.05, 0) is 5.56 Å². The first-order chi connectivity index (χ1) is 8.67. The number of anilines is 1. The van der Waals surface area contributed by atoms with Crippen LogP contribution in [0.25, 0.3) is 0 Å². The number of alkyl halides is 2. The molecule has 0 spiro atoms. The summed E-state index contributed by atoms with van der Waals surface area (Å²) < 4.78 is 29.7. The molecule has 18 heavy (non-hydrogen) atoms. The third kappa shape index (κ3) is 3.16. The molecule has 0 unspecified atom stereocenters. The molecule has 0 aliphatic rings. The molecule has 0 aliphatic heterocycles. The second-order valence-corrected chi connectivity index (χ2v) is 3.56. The number of ether oxygens (including phenoxy) is 1. The average Bonchev–Trinajstić information content (AvgIpc) is 2.79. The maximum Gasteiger partial charge on any atom is 0.388 e. The molecule has 0 amide bonds. The smallest absolute Gasteiger partial charge is 0.388 e. The second-order valence-electron chi connectivity index (χ2n) is 3.56. The molecule has 2 heterocycles. The lowest BCUT2D eigenvalue weighted by molar-refractivity contribution is -0.0528. The Morgan fingerprint density at radius 1 is 1.39 bits per heavy atom. The molecule has 96 valence electrons. The standard InChI is InChI=1S/C11H12F2N4O/c1-14-9-5-16-17(7-9)6-8-2-3-10(15-4-8)18-11(12)13/h2-5,7,11,14H,6H2,1H3. The third-order valence-electron chi connectivity index (χ3n) is 2.27. The molecule has 7 heteroatoms. The van der Waals surface area contributed by atoms with Crippen molar-refractivity contribution in [3.05, 3.63) is 36.3 Å². The Morgan fingerprint density at radius 3 is 2.78 bits per heavy atom. The molecule has 2 rings (SSSR count). The summed E-state index contributed by atoms with van der Waals surface area (Å²) >= 11 is 0. The van der Waals surface area contributed by atoms with Crippen molar-refractivity contribution in [2.75, 3.05) is 12.4 Å². The van der Waals surface area contributed by atoms with Crippen LogP contribution in [0.5, 0.6) is 5.88 Å².